The molecule has 0 saturated carbocycles. The van der Waals surface area contributed by atoms with E-state index in [0.29, 0.717) is 17.6 Å². The smallest absolute Gasteiger partial charge is 0.347 e. The molecule has 0 amide bonds. The van der Waals surface area contributed by atoms with Crippen LogP contribution in [0.4, 0.5) is 0 Å². The number of nitrogens with zero attached hydrogens (tertiary/aromatic N) is 1. The molecule has 31 heavy (non-hydrogen) atoms. The molecule has 3 atom stereocenters. The second-order valence-corrected chi connectivity index (χ2v) is 9.16. The molecule has 0 aromatic heterocycles. The summed E-state index contributed by atoms with van der Waals surface area (Å²) in [4.78, 5) is 25.5. The number of carbonyl (C=O) groups excluding carboxylic acids is 2. The van der Waals surface area contributed by atoms with Gasteiger partial charge in [0.25, 0.3) is 0 Å². The Morgan fingerprint density at radius 1 is 0.968 bits per heavy atom. The lowest BCUT2D eigenvalue weighted by atomic mass is 9.85. The highest BCUT2D eigenvalue weighted by Gasteiger charge is 2.51. The van der Waals surface area contributed by atoms with Crippen molar-refractivity contribution < 1.29 is 28.7 Å². The lowest BCUT2D eigenvalue weighted by Gasteiger charge is -2.44. The molecule has 0 spiro atoms. The molecule has 164 valence electrons. The molecule has 4 rings (SSSR count). The summed E-state index contributed by atoms with van der Waals surface area (Å²) in [7, 11) is 5.79. The van der Waals surface area contributed by atoms with E-state index in [1.807, 2.05) is 6.07 Å². The fourth-order valence-corrected chi connectivity index (χ4v) is 5.23. The SMILES string of the molecule is COC(=O)c1cccc(C(O)(C(=O)OC2CC3CCC(C2)[N+]3(C)C)c2ccccc2)c1. The average molecular weight is 425 g/mol. The van der Waals surface area contributed by atoms with Gasteiger partial charge in [-0.2, -0.15) is 0 Å². The number of methoxy groups -OCH3 is 1. The predicted molar refractivity (Wildman–Crippen MR) is 115 cm³/mol. The molecule has 0 radical (unpaired) electrons. The van der Waals surface area contributed by atoms with Gasteiger partial charge < -0.3 is 19.1 Å². The number of rotatable bonds is 5. The lowest BCUT2D eigenvalue weighted by Crippen LogP contribution is -2.56. The Balaban J connectivity index is 1.66. The first-order valence-electron chi connectivity index (χ1n) is 10.8. The number of hydrogen-bond donors (Lipinski definition) is 1. The minimum Gasteiger partial charge on any atom is -0.465 e. The first-order valence-corrected chi connectivity index (χ1v) is 10.8. The van der Waals surface area contributed by atoms with Crippen molar-refractivity contribution in [3.05, 3.63) is 71.3 Å². The van der Waals surface area contributed by atoms with Crippen LogP contribution in [0.3, 0.4) is 0 Å². The number of quaternary nitrogens is 1. The van der Waals surface area contributed by atoms with Gasteiger partial charge in [-0.3, -0.25) is 0 Å². The molecule has 6 nitrogen and oxygen atoms in total. The van der Waals surface area contributed by atoms with E-state index in [-0.39, 0.29) is 17.2 Å². The summed E-state index contributed by atoms with van der Waals surface area (Å²) in [6.07, 6.45) is 3.63. The molecule has 2 bridgehead atoms. The highest BCUT2D eigenvalue weighted by atomic mass is 16.6. The Kier molecular flexibility index (Phi) is 5.62. The van der Waals surface area contributed by atoms with Gasteiger partial charge in [0.2, 0.25) is 5.60 Å². The zero-order valence-electron chi connectivity index (χ0n) is 18.3. The van der Waals surface area contributed by atoms with Gasteiger partial charge in [-0.15, -0.1) is 0 Å². The van der Waals surface area contributed by atoms with Crippen LogP contribution in [0.25, 0.3) is 0 Å². The summed E-state index contributed by atoms with van der Waals surface area (Å²) in [5.74, 6) is -1.24. The molecule has 2 heterocycles. The van der Waals surface area contributed by atoms with Crippen LogP contribution in [0.1, 0.15) is 47.2 Å². The average Bonchev–Trinajstić information content (AvgIpc) is 2.95. The van der Waals surface area contributed by atoms with Crippen LogP contribution in [0.15, 0.2) is 54.6 Å². The van der Waals surface area contributed by atoms with E-state index in [0.717, 1.165) is 30.2 Å². The van der Waals surface area contributed by atoms with Gasteiger partial charge in [0.15, 0.2) is 0 Å². The first kappa shape index (κ1) is 21.5. The van der Waals surface area contributed by atoms with Crippen molar-refractivity contribution in [1.29, 1.82) is 0 Å². The summed E-state index contributed by atoms with van der Waals surface area (Å²) in [6.45, 7) is 0. The molecule has 6 heteroatoms. The Labute approximate surface area is 183 Å². The number of fused-ring (bicyclic) bond motifs is 2. The number of aliphatic hydroxyl groups is 1. The van der Waals surface area contributed by atoms with Crippen molar-refractivity contribution in [1.82, 2.24) is 0 Å². The van der Waals surface area contributed by atoms with Crippen molar-refractivity contribution >= 4 is 11.9 Å². The predicted octanol–water partition coefficient (Wildman–Crippen LogP) is 3.02. The lowest BCUT2D eigenvalue weighted by molar-refractivity contribution is -0.931. The quantitative estimate of drug-likeness (QED) is 0.590. The third-order valence-corrected chi connectivity index (χ3v) is 7.25. The third-order valence-electron chi connectivity index (χ3n) is 7.25. The highest BCUT2D eigenvalue weighted by molar-refractivity contribution is 5.91. The van der Waals surface area contributed by atoms with E-state index in [1.54, 1.807) is 42.5 Å². The maximum absolute atomic E-state index is 13.5. The van der Waals surface area contributed by atoms with Gasteiger partial charge >= 0.3 is 11.9 Å². The molecule has 2 fully saturated rings. The van der Waals surface area contributed by atoms with Gasteiger partial charge in [-0.25, -0.2) is 9.59 Å². The third kappa shape index (κ3) is 3.75. The van der Waals surface area contributed by atoms with Crippen LogP contribution >= 0.6 is 0 Å². The van der Waals surface area contributed by atoms with Crippen LogP contribution in [-0.4, -0.2) is 60.9 Å². The van der Waals surface area contributed by atoms with Gasteiger partial charge in [-0.1, -0.05) is 42.5 Å². The molecular formula is C25H30NO5+. The normalized spacial score (nSPS) is 26.0. The van der Waals surface area contributed by atoms with Gasteiger partial charge in [0, 0.05) is 31.2 Å². The fraction of sp³-hybridized carbons (Fsp3) is 0.440. The highest BCUT2D eigenvalue weighted by Crippen LogP contribution is 2.41. The summed E-state index contributed by atoms with van der Waals surface area (Å²) in [6, 6.07) is 16.0. The monoisotopic (exact) mass is 424 g/mol. The number of piperidine rings is 1. The van der Waals surface area contributed by atoms with Crippen LogP contribution in [0.2, 0.25) is 0 Å². The van der Waals surface area contributed by atoms with E-state index < -0.39 is 17.5 Å². The first-order chi connectivity index (χ1) is 14.8. The van der Waals surface area contributed by atoms with Crippen molar-refractivity contribution in [2.45, 2.75) is 49.5 Å². The van der Waals surface area contributed by atoms with Gasteiger partial charge in [0.1, 0.15) is 6.10 Å². The Hall–Kier alpha value is -2.70. The van der Waals surface area contributed by atoms with Gasteiger partial charge in [-0.05, 0) is 17.7 Å². The minimum absolute atomic E-state index is 0.227. The number of ether oxygens (including phenoxy) is 2. The second kappa shape index (κ2) is 8.09. The number of esters is 2. The van der Waals surface area contributed by atoms with Crippen molar-refractivity contribution in [3.8, 4) is 0 Å². The maximum Gasteiger partial charge on any atom is 0.347 e. The zero-order valence-corrected chi connectivity index (χ0v) is 18.3. The second-order valence-electron chi connectivity index (χ2n) is 9.16. The van der Waals surface area contributed by atoms with Crippen molar-refractivity contribution in [3.63, 3.8) is 0 Å². The molecule has 0 aliphatic carbocycles. The Bertz CT molecular complexity index is 957. The molecular weight excluding hydrogens is 394 g/mol. The van der Waals surface area contributed by atoms with Crippen molar-refractivity contribution in [2.75, 3.05) is 21.2 Å². The van der Waals surface area contributed by atoms with Crippen LogP contribution in [0, 0.1) is 0 Å². The van der Waals surface area contributed by atoms with E-state index in [1.165, 1.54) is 13.2 Å². The zero-order chi connectivity index (χ0) is 22.2. The Morgan fingerprint density at radius 2 is 1.58 bits per heavy atom. The number of benzene rings is 2. The van der Waals surface area contributed by atoms with Crippen LogP contribution in [0.5, 0.6) is 0 Å². The molecule has 2 aliphatic heterocycles. The summed E-state index contributed by atoms with van der Waals surface area (Å²) >= 11 is 0. The number of carbonyl (C=O) groups is 2. The van der Waals surface area contributed by atoms with E-state index >= 15 is 0 Å². The standard InChI is InChI=1S/C25H30NO5/c1-26(2)20-12-13-21(26)16-22(15-20)31-24(28)25(29,18-9-5-4-6-10-18)19-11-7-8-17(14-19)23(27)30-3/h4-11,14,20-22,29H,12-13,15-16H2,1-3H3/q+1. The molecule has 1 N–H and O–H groups in total. The summed E-state index contributed by atoms with van der Waals surface area (Å²) < 4.78 is 11.7. The maximum atomic E-state index is 13.5. The molecule has 2 aromatic rings. The number of hydrogen-bond acceptors (Lipinski definition) is 5. The fourth-order valence-electron chi connectivity index (χ4n) is 5.23. The minimum atomic E-state index is -2.02. The van der Waals surface area contributed by atoms with E-state index in [2.05, 4.69) is 14.1 Å². The van der Waals surface area contributed by atoms with Crippen LogP contribution in [-0.2, 0) is 19.9 Å². The van der Waals surface area contributed by atoms with Gasteiger partial charge in [0.05, 0.1) is 38.9 Å². The summed E-state index contributed by atoms with van der Waals surface area (Å²) in [5, 5.41) is 11.8. The van der Waals surface area contributed by atoms with E-state index in [9.17, 15) is 14.7 Å². The molecule has 2 saturated heterocycles. The largest absolute Gasteiger partial charge is 0.465 e. The van der Waals surface area contributed by atoms with Crippen molar-refractivity contribution in [2.24, 2.45) is 0 Å². The molecule has 3 unspecified atom stereocenters. The summed E-state index contributed by atoms with van der Waals surface area (Å²) in [5.41, 5.74) is -1.08. The van der Waals surface area contributed by atoms with Crippen LogP contribution < -0.4 is 0 Å². The molecule has 2 aromatic carbocycles. The Morgan fingerprint density at radius 3 is 2.19 bits per heavy atom. The molecule has 2 aliphatic rings. The van der Waals surface area contributed by atoms with E-state index in [4.69, 9.17) is 9.47 Å². The topological polar surface area (TPSA) is 72.8 Å².